The molecule has 2 unspecified atom stereocenters. The van der Waals surface area contributed by atoms with Crippen molar-refractivity contribution in [1.82, 2.24) is 15.5 Å². The number of rotatable bonds is 11. The van der Waals surface area contributed by atoms with E-state index in [0.717, 1.165) is 58.4 Å². The van der Waals surface area contributed by atoms with Gasteiger partial charge in [0.05, 0.1) is 19.3 Å². The number of guanidine groups is 1. The van der Waals surface area contributed by atoms with Crippen molar-refractivity contribution in [2.24, 2.45) is 16.8 Å². The maximum absolute atomic E-state index is 5.82. The van der Waals surface area contributed by atoms with Crippen LogP contribution in [0.25, 0.3) is 0 Å². The third-order valence-electron chi connectivity index (χ3n) is 4.88. The van der Waals surface area contributed by atoms with Crippen LogP contribution in [0.1, 0.15) is 47.5 Å². The Morgan fingerprint density at radius 1 is 1.15 bits per heavy atom. The van der Waals surface area contributed by atoms with Gasteiger partial charge in [-0.15, -0.1) is 24.0 Å². The second-order valence-electron chi connectivity index (χ2n) is 7.84. The summed E-state index contributed by atoms with van der Waals surface area (Å²) in [6.45, 7) is 17.4. The molecule has 1 fully saturated rings. The molecule has 6 nitrogen and oxygen atoms in total. The molecule has 0 bridgehead atoms. The summed E-state index contributed by atoms with van der Waals surface area (Å²) in [5.41, 5.74) is 0. The second-order valence-corrected chi connectivity index (χ2v) is 7.84. The van der Waals surface area contributed by atoms with E-state index in [2.05, 4.69) is 55.1 Å². The predicted molar refractivity (Wildman–Crippen MR) is 125 cm³/mol. The molecule has 0 spiro atoms. The highest BCUT2D eigenvalue weighted by atomic mass is 127. The van der Waals surface area contributed by atoms with E-state index in [1.54, 1.807) is 0 Å². The summed E-state index contributed by atoms with van der Waals surface area (Å²) in [6, 6.07) is 0.518. The fourth-order valence-corrected chi connectivity index (χ4v) is 3.44. The third-order valence-corrected chi connectivity index (χ3v) is 4.88. The van der Waals surface area contributed by atoms with Crippen molar-refractivity contribution in [2.45, 2.75) is 59.6 Å². The van der Waals surface area contributed by atoms with Gasteiger partial charge in [-0.05, 0) is 31.6 Å². The van der Waals surface area contributed by atoms with Crippen molar-refractivity contribution in [3.63, 3.8) is 0 Å². The maximum atomic E-state index is 5.82. The van der Waals surface area contributed by atoms with Gasteiger partial charge in [0.1, 0.15) is 0 Å². The van der Waals surface area contributed by atoms with E-state index in [4.69, 9.17) is 9.47 Å². The number of halogens is 1. The fourth-order valence-electron chi connectivity index (χ4n) is 3.44. The maximum Gasteiger partial charge on any atom is 0.191 e. The first-order valence-electron chi connectivity index (χ1n) is 10.4. The summed E-state index contributed by atoms with van der Waals surface area (Å²) in [5.74, 6) is 2.09. The van der Waals surface area contributed by atoms with Gasteiger partial charge in [0.25, 0.3) is 0 Å². The lowest BCUT2D eigenvalue weighted by molar-refractivity contribution is 0.0132. The topological polar surface area (TPSA) is 58.1 Å². The van der Waals surface area contributed by atoms with Crippen LogP contribution in [0.3, 0.4) is 0 Å². The molecule has 0 aromatic heterocycles. The highest BCUT2D eigenvalue weighted by Crippen LogP contribution is 2.13. The van der Waals surface area contributed by atoms with E-state index >= 15 is 0 Å². The molecular weight excluding hydrogens is 455 g/mol. The molecule has 162 valence electrons. The minimum atomic E-state index is 0. The summed E-state index contributed by atoms with van der Waals surface area (Å²) in [5, 5.41) is 6.96. The van der Waals surface area contributed by atoms with Crippen molar-refractivity contribution in [3.8, 4) is 0 Å². The average Bonchev–Trinajstić information content (AvgIpc) is 2.62. The molecule has 1 aliphatic rings. The van der Waals surface area contributed by atoms with Crippen LogP contribution < -0.4 is 10.6 Å². The average molecular weight is 498 g/mol. The molecule has 0 aliphatic carbocycles. The Kier molecular flexibility index (Phi) is 15.7. The molecule has 27 heavy (non-hydrogen) atoms. The molecule has 2 N–H and O–H groups in total. The lowest BCUT2D eigenvalue weighted by atomic mass is 10.0. The summed E-state index contributed by atoms with van der Waals surface area (Å²) in [7, 11) is 1.84. The minimum Gasteiger partial charge on any atom is -0.379 e. The van der Waals surface area contributed by atoms with Crippen LogP contribution in [0.15, 0.2) is 4.99 Å². The lowest BCUT2D eigenvalue weighted by Crippen LogP contribution is -2.51. The first-order chi connectivity index (χ1) is 12.5. The standard InChI is InChI=1S/C20H42N4O2.HI/c1-7-26-19(17(4)5)8-9-22-20(21-6)23-15-18(14-16(2)3)24-10-12-25-13-11-24;/h16-19H,7-15H2,1-6H3,(H2,21,22,23);1H. The first kappa shape index (κ1) is 26.9. The quantitative estimate of drug-likeness (QED) is 0.261. The highest BCUT2D eigenvalue weighted by Gasteiger charge is 2.22. The Morgan fingerprint density at radius 2 is 1.81 bits per heavy atom. The lowest BCUT2D eigenvalue weighted by Gasteiger charge is -2.35. The Bertz CT molecular complexity index is 388. The first-order valence-corrected chi connectivity index (χ1v) is 10.4. The Balaban J connectivity index is 0.00000676. The van der Waals surface area contributed by atoms with Crippen LogP contribution in [0.4, 0.5) is 0 Å². The van der Waals surface area contributed by atoms with Crippen molar-refractivity contribution < 1.29 is 9.47 Å². The largest absolute Gasteiger partial charge is 0.379 e. The molecule has 2 atom stereocenters. The van der Waals surface area contributed by atoms with E-state index < -0.39 is 0 Å². The van der Waals surface area contributed by atoms with Gasteiger partial charge in [-0.1, -0.05) is 27.7 Å². The van der Waals surface area contributed by atoms with Crippen molar-refractivity contribution >= 4 is 29.9 Å². The number of hydrogen-bond donors (Lipinski definition) is 2. The zero-order valence-corrected chi connectivity index (χ0v) is 20.6. The number of morpholine rings is 1. The number of aliphatic imine (C=N–C) groups is 1. The van der Waals surface area contributed by atoms with Crippen LogP contribution in [-0.4, -0.2) is 76.1 Å². The number of nitrogens with zero attached hydrogens (tertiary/aromatic N) is 2. The zero-order chi connectivity index (χ0) is 19.4. The molecule has 0 saturated carbocycles. The molecule has 1 saturated heterocycles. The molecular formula is C20H43IN4O2. The molecule has 1 aliphatic heterocycles. The molecule has 0 radical (unpaired) electrons. The van der Waals surface area contributed by atoms with Crippen LogP contribution >= 0.6 is 24.0 Å². The predicted octanol–water partition coefficient (Wildman–Crippen LogP) is 2.97. The normalized spacial score (nSPS) is 18.3. The van der Waals surface area contributed by atoms with Gasteiger partial charge in [0.15, 0.2) is 5.96 Å². The monoisotopic (exact) mass is 498 g/mol. The van der Waals surface area contributed by atoms with E-state index in [0.29, 0.717) is 24.0 Å². The van der Waals surface area contributed by atoms with Crippen molar-refractivity contribution in [2.75, 3.05) is 53.0 Å². The van der Waals surface area contributed by atoms with Crippen LogP contribution in [0.5, 0.6) is 0 Å². The number of ether oxygens (including phenoxy) is 2. The minimum absolute atomic E-state index is 0. The van der Waals surface area contributed by atoms with Gasteiger partial charge >= 0.3 is 0 Å². The summed E-state index contributed by atoms with van der Waals surface area (Å²) < 4.78 is 11.3. The van der Waals surface area contributed by atoms with Crippen LogP contribution in [0.2, 0.25) is 0 Å². The second kappa shape index (κ2) is 15.8. The highest BCUT2D eigenvalue weighted by molar-refractivity contribution is 14.0. The number of hydrogen-bond acceptors (Lipinski definition) is 4. The van der Waals surface area contributed by atoms with Gasteiger partial charge in [0, 0.05) is 45.9 Å². The third kappa shape index (κ3) is 11.5. The van der Waals surface area contributed by atoms with E-state index in [1.165, 1.54) is 6.42 Å². The Labute approximate surface area is 184 Å². The van der Waals surface area contributed by atoms with Gasteiger partial charge in [-0.2, -0.15) is 0 Å². The van der Waals surface area contributed by atoms with Gasteiger partial charge in [-0.25, -0.2) is 0 Å². The molecule has 1 rings (SSSR count). The van der Waals surface area contributed by atoms with Crippen molar-refractivity contribution in [3.05, 3.63) is 0 Å². The SMILES string of the molecule is CCOC(CCNC(=NC)NCC(CC(C)C)N1CCOCC1)C(C)C.I. The van der Waals surface area contributed by atoms with Gasteiger partial charge in [0.2, 0.25) is 0 Å². The number of nitrogens with one attached hydrogen (secondary N) is 2. The summed E-state index contributed by atoms with van der Waals surface area (Å²) >= 11 is 0. The van der Waals surface area contributed by atoms with Gasteiger partial charge in [-0.3, -0.25) is 9.89 Å². The van der Waals surface area contributed by atoms with Gasteiger partial charge < -0.3 is 20.1 Å². The van der Waals surface area contributed by atoms with E-state index in [1.807, 2.05) is 7.05 Å². The Morgan fingerprint density at radius 3 is 2.33 bits per heavy atom. The molecule has 1 heterocycles. The Hall–Kier alpha value is -0.120. The van der Waals surface area contributed by atoms with E-state index in [-0.39, 0.29) is 24.0 Å². The van der Waals surface area contributed by atoms with E-state index in [9.17, 15) is 0 Å². The molecule has 0 amide bonds. The van der Waals surface area contributed by atoms with Crippen LogP contribution in [-0.2, 0) is 9.47 Å². The zero-order valence-electron chi connectivity index (χ0n) is 18.3. The van der Waals surface area contributed by atoms with Crippen LogP contribution in [0, 0.1) is 11.8 Å². The molecule has 7 heteroatoms. The molecule has 0 aromatic rings. The summed E-state index contributed by atoms with van der Waals surface area (Å²) in [6.07, 6.45) is 2.47. The summed E-state index contributed by atoms with van der Waals surface area (Å²) in [4.78, 5) is 6.93. The fraction of sp³-hybridized carbons (Fsp3) is 0.950. The van der Waals surface area contributed by atoms with Crippen molar-refractivity contribution in [1.29, 1.82) is 0 Å². The smallest absolute Gasteiger partial charge is 0.191 e. The molecule has 0 aromatic carbocycles.